The maximum atomic E-state index is 12.8. The van der Waals surface area contributed by atoms with E-state index in [1.54, 1.807) is 36.4 Å². The van der Waals surface area contributed by atoms with Crippen LogP contribution >= 0.6 is 12.2 Å². The fraction of sp³-hybridized carbons (Fsp3) is 0.208. The topological polar surface area (TPSA) is 125 Å². The van der Waals surface area contributed by atoms with Crippen molar-refractivity contribution in [3.63, 3.8) is 0 Å². The number of carbonyl (C=O) groups excluding carboxylic acids is 2. The summed E-state index contributed by atoms with van der Waals surface area (Å²) in [4.78, 5) is 35.6. The first-order valence-corrected chi connectivity index (χ1v) is 11.1. The molecule has 0 spiro atoms. The van der Waals surface area contributed by atoms with Crippen molar-refractivity contribution >= 4 is 40.5 Å². The van der Waals surface area contributed by atoms with Gasteiger partial charge in [-0.25, -0.2) is 0 Å². The number of nitrogens with zero attached hydrogens (tertiary/aromatic N) is 1. The number of nitro groups is 1. The summed E-state index contributed by atoms with van der Waals surface area (Å²) < 4.78 is 0. The highest BCUT2D eigenvalue weighted by molar-refractivity contribution is 7.80. The highest BCUT2D eigenvalue weighted by atomic mass is 32.1. The third-order valence-electron chi connectivity index (χ3n) is 5.01. The SMILES string of the molecule is O=C(N[C@@H](Cc1ccccc1)C(=O)NCCNC(=S)Nc1ccc([N+](=O)[O-])cc1)C1C=CC=C1. The normalized spacial score (nSPS) is 13.2. The number of nitro benzene ring substituents is 1. The number of amides is 2. The number of benzene rings is 2. The number of thiocarbonyl (C=S) groups is 1. The number of carbonyl (C=O) groups is 2. The second-order valence-corrected chi connectivity index (χ2v) is 7.93. The minimum absolute atomic E-state index is 0.00994. The van der Waals surface area contributed by atoms with E-state index < -0.39 is 11.0 Å². The largest absolute Gasteiger partial charge is 0.361 e. The first-order chi connectivity index (χ1) is 16.4. The van der Waals surface area contributed by atoms with E-state index >= 15 is 0 Å². The van der Waals surface area contributed by atoms with Crippen LogP contribution in [-0.2, 0) is 16.0 Å². The van der Waals surface area contributed by atoms with E-state index in [4.69, 9.17) is 12.2 Å². The lowest BCUT2D eigenvalue weighted by Gasteiger charge is -2.20. The van der Waals surface area contributed by atoms with Crippen LogP contribution in [0.25, 0.3) is 0 Å². The van der Waals surface area contributed by atoms with Crippen molar-refractivity contribution in [2.75, 3.05) is 18.4 Å². The minimum atomic E-state index is -0.720. The Morgan fingerprint density at radius 2 is 1.62 bits per heavy atom. The van der Waals surface area contributed by atoms with E-state index in [1.165, 1.54) is 12.1 Å². The van der Waals surface area contributed by atoms with Crippen LogP contribution in [0.5, 0.6) is 0 Å². The molecule has 0 fully saturated rings. The van der Waals surface area contributed by atoms with Crippen molar-refractivity contribution < 1.29 is 14.5 Å². The van der Waals surface area contributed by atoms with Gasteiger partial charge in [-0.3, -0.25) is 19.7 Å². The van der Waals surface area contributed by atoms with E-state index in [1.807, 2.05) is 30.3 Å². The lowest BCUT2D eigenvalue weighted by Crippen LogP contribution is -2.50. The predicted molar refractivity (Wildman–Crippen MR) is 134 cm³/mol. The van der Waals surface area contributed by atoms with E-state index in [0.29, 0.717) is 23.8 Å². The Kier molecular flexibility index (Phi) is 8.87. The fourth-order valence-electron chi connectivity index (χ4n) is 3.26. The minimum Gasteiger partial charge on any atom is -0.361 e. The number of anilines is 1. The number of hydrogen-bond donors (Lipinski definition) is 4. The molecule has 3 rings (SSSR count). The van der Waals surface area contributed by atoms with Crippen LogP contribution in [0.2, 0.25) is 0 Å². The highest BCUT2D eigenvalue weighted by Gasteiger charge is 2.24. The molecule has 34 heavy (non-hydrogen) atoms. The molecule has 2 amide bonds. The van der Waals surface area contributed by atoms with Gasteiger partial charge < -0.3 is 21.3 Å². The summed E-state index contributed by atoms with van der Waals surface area (Å²) in [5, 5.41) is 22.6. The highest BCUT2D eigenvalue weighted by Crippen LogP contribution is 2.15. The van der Waals surface area contributed by atoms with E-state index in [0.717, 1.165) is 5.56 Å². The van der Waals surface area contributed by atoms with Gasteiger partial charge in [0.2, 0.25) is 11.8 Å². The maximum Gasteiger partial charge on any atom is 0.269 e. The third kappa shape index (κ3) is 7.52. The molecule has 176 valence electrons. The van der Waals surface area contributed by atoms with Crippen LogP contribution in [0.1, 0.15) is 5.56 Å². The van der Waals surface area contributed by atoms with Crippen molar-refractivity contribution in [2.45, 2.75) is 12.5 Å². The molecule has 1 aliphatic rings. The zero-order valence-electron chi connectivity index (χ0n) is 18.3. The lowest BCUT2D eigenvalue weighted by atomic mass is 10.0. The molecule has 0 saturated carbocycles. The second-order valence-electron chi connectivity index (χ2n) is 7.52. The zero-order chi connectivity index (χ0) is 24.3. The molecule has 0 heterocycles. The van der Waals surface area contributed by atoms with Gasteiger partial charge in [-0.15, -0.1) is 0 Å². The predicted octanol–water partition coefficient (Wildman–Crippen LogP) is 2.47. The van der Waals surface area contributed by atoms with E-state index in [9.17, 15) is 19.7 Å². The Bertz CT molecular complexity index is 1070. The summed E-state index contributed by atoms with van der Waals surface area (Å²) in [6.07, 6.45) is 7.52. The molecule has 1 aliphatic carbocycles. The standard InChI is InChI=1S/C24H25N5O4S/c30-22(18-8-4-5-9-18)28-21(16-17-6-2-1-3-7-17)23(31)25-14-15-26-24(34)27-19-10-12-20(13-11-19)29(32)33/h1-13,18,21H,14-16H2,(H,25,31)(H,28,30)(H2,26,27,34)/t21-/m0/s1. The molecule has 4 N–H and O–H groups in total. The molecular weight excluding hydrogens is 454 g/mol. The molecule has 0 aliphatic heterocycles. The zero-order valence-corrected chi connectivity index (χ0v) is 19.1. The van der Waals surface area contributed by atoms with Gasteiger partial charge in [0, 0.05) is 37.3 Å². The summed E-state index contributed by atoms with van der Waals surface area (Å²) in [7, 11) is 0. The smallest absolute Gasteiger partial charge is 0.269 e. The van der Waals surface area contributed by atoms with Gasteiger partial charge in [0.15, 0.2) is 5.11 Å². The molecular formula is C24H25N5O4S. The van der Waals surface area contributed by atoms with Gasteiger partial charge in [0.05, 0.1) is 10.8 Å². The van der Waals surface area contributed by atoms with Gasteiger partial charge in [0.25, 0.3) is 5.69 Å². The average molecular weight is 480 g/mol. The van der Waals surface area contributed by atoms with Crippen molar-refractivity contribution in [3.8, 4) is 0 Å². The molecule has 1 atom stereocenters. The van der Waals surface area contributed by atoms with Crippen LogP contribution in [0, 0.1) is 16.0 Å². The number of rotatable bonds is 10. The van der Waals surface area contributed by atoms with Crippen LogP contribution in [-0.4, -0.2) is 41.0 Å². The molecule has 0 radical (unpaired) electrons. The van der Waals surface area contributed by atoms with Crippen molar-refractivity contribution in [1.82, 2.24) is 16.0 Å². The van der Waals surface area contributed by atoms with Crippen LogP contribution in [0.3, 0.4) is 0 Å². The number of non-ortho nitro benzene ring substituents is 1. The van der Waals surface area contributed by atoms with E-state index in [-0.39, 0.29) is 30.0 Å². The molecule has 0 bridgehead atoms. The molecule has 2 aromatic rings. The summed E-state index contributed by atoms with van der Waals surface area (Å²) >= 11 is 5.22. The molecule has 0 unspecified atom stereocenters. The lowest BCUT2D eigenvalue weighted by molar-refractivity contribution is -0.384. The number of nitrogens with one attached hydrogen (secondary N) is 4. The van der Waals surface area contributed by atoms with Gasteiger partial charge in [-0.05, 0) is 29.9 Å². The Morgan fingerprint density at radius 3 is 2.26 bits per heavy atom. The Hall–Kier alpha value is -4.05. The Balaban J connectivity index is 1.47. The van der Waals surface area contributed by atoms with Crippen LogP contribution in [0.4, 0.5) is 11.4 Å². The second kappa shape index (κ2) is 12.3. The first-order valence-electron chi connectivity index (χ1n) is 10.7. The molecule has 9 nitrogen and oxygen atoms in total. The third-order valence-corrected chi connectivity index (χ3v) is 5.26. The molecule has 0 aromatic heterocycles. The van der Waals surface area contributed by atoms with Crippen molar-refractivity contribution in [3.05, 3.63) is 94.6 Å². The Morgan fingerprint density at radius 1 is 0.971 bits per heavy atom. The van der Waals surface area contributed by atoms with Gasteiger partial charge in [-0.1, -0.05) is 54.6 Å². The van der Waals surface area contributed by atoms with E-state index in [2.05, 4.69) is 21.3 Å². The van der Waals surface area contributed by atoms with Crippen molar-refractivity contribution in [1.29, 1.82) is 0 Å². The van der Waals surface area contributed by atoms with Crippen LogP contribution < -0.4 is 21.3 Å². The van der Waals surface area contributed by atoms with Crippen molar-refractivity contribution in [2.24, 2.45) is 5.92 Å². The first kappa shape index (κ1) is 24.6. The summed E-state index contributed by atoms with van der Waals surface area (Å²) in [5.74, 6) is -0.900. The Labute approximate surface area is 202 Å². The summed E-state index contributed by atoms with van der Waals surface area (Å²) in [6.45, 7) is 0.635. The summed E-state index contributed by atoms with van der Waals surface area (Å²) in [6, 6.07) is 14.6. The van der Waals surface area contributed by atoms with Gasteiger partial charge in [-0.2, -0.15) is 0 Å². The monoisotopic (exact) mass is 479 g/mol. The fourth-order valence-corrected chi connectivity index (χ4v) is 3.48. The average Bonchev–Trinajstić information content (AvgIpc) is 3.37. The summed E-state index contributed by atoms with van der Waals surface area (Å²) in [5.41, 5.74) is 1.53. The van der Waals surface area contributed by atoms with Crippen LogP contribution in [0.15, 0.2) is 78.9 Å². The molecule has 0 saturated heterocycles. The molecule has 10 heteroatoms. The maximum absolute atomic E-state index is 12.8. The van der Waals surface area contributed by atoms with Gasteiger partial charge >= 0.3 is 0 Å². The molecule has 2 aromatic carbocycles. The number of hydrogen-bond acceptors (Lipinski definition) is 5. The van der Waals surface area contributed by atoms with Gasteiger partial charge in [0.1, 0.15) is 6.04 Å². The number of allylic oxidation sites excluding steroid dienone is 2. The quantitative estimate of drug-likeness (QED) is 0.179.